The summed E-state index contributed by atoms with van der Waals surface area (Å²) in [7, 11) is 0. The van der Waals surface area contributed by atoms with Crippen molar-refractivity contribution in [2.45, 2.75) is 44.1 Å². The maximum Gasteiger partial charge on any atom is 0.189 e. The van der Waals surface area contributed by atoms with E-state index in [1.54, 1.807) is 11.8 Å². The van der Waals surface area contributed by atoms with Crippen LogP contribution in [0.3, 0.4) is 0 Å². The van der Waals surface area contributed by atoms with Crippen LogP contribution in [-0.4, -0.2) is 51.5 Å². The number of aromatic nitrogens is 3. The zero-order valence-corrected chi connectivity index (χ0v) is 14.5. The van der Waals surface area contributed by atoms with Crippen LogP contribution < -0.4 is 4.90 Å². The van der Waals surface area contributed by atoms with Crippen LogP contribution in [0.2, 0.25) is 0 Å². The Labute approximate surface area is 140 Å². The smallest absolute Gasteiger partial charge is 0.189 e. The van der Waals surface area contributed by atoms with E-state index in [1.165, 1.54) is 12.0 Å². The highest BCUT2D eigenvalue weighted by Gasteiger charge is 2.45. The number of piperidine rings is 1. The van der Waals surface area contributed by atoms with E-state index in [-0.39, 0.29) is 0 Å². The fourth-order valence-electron chi connectivity index (χ4n) is 3.65. The van der Waals surface area contributed by atoms with Crippen LogP contribution in [0.5, 0.6) is 0 Å². The molecule has 5 rings (SSSR count). The predicted molar refractivity (Wildman–Crippen MR) is 89.7 cm³/mol. The van der Waals surface area contributed by atoms with E-state index in [1.807, 2.05) is 32.4 Å². The second-order valence-corrected chi connectivity index (χ2v) is 7.10. The number of hydrogen-bond acceptors (Lipinski definition) is 7. The largest absolute Gasteiger partial charge is 0.361 e. The second kappa shape index (κ2) is 5.79. The normalized spacial score (nSPS) is 23.9. The monoisotopic (exact) mass is 331 g/mol. The fraction of sp³-hybridized carbons (Fsp3) is 0.562. The van der Waals surface area contributed by atoms with E-state index in [4.69, 9.17) is 4.52 Å². The first-order chi connectivity index (χ1) is 11.2. The van der Waals surface area contributed by atoms with Crippen LogP contribution in [0.4, 0.5) is 5.82 Å². The highest BCUT2D eigenvalue weighted by molar-refractivity contribution is 7.98. The minimum Gasteiger partial charge on any atom is -0.361 e. The molecule has 0 amide bonds. The average molecular weight is 331 g/mol. The summed E-state index contributed by atoms with van der Waals surface area (Å²) >= 11 is 1.59. The lowest BCUT2D eigenvalue weighted by Gasteiger charge is -2.56. The van der Waals surface area contributed by atoms with Gasteiger partial charge in [-0.05, 0) is 32.6 Å². The molecule has 0 aliphatic carbocycles. The first-order valence-electron chi connectivity index (χ1n) is 7.95. The summed E-state index contributed by atoms with van der Waals surface area (Å²) in [6.07, 6.45) is 5.15. The van der Waals surface area contributed by atoms with Crippen molar-refractivity contribution in [3.63, 3.8) is 0 Å². The Balaban J connectivity index is 1.46. The Morgan fingerprint density at radius 1 is 1.30 bits per heavy atom. The van der Waals surface area contributed by atoms with Crippen LogP contribution in [0.15, 0.2) is 21.9 Å². The molecule has 3 fully saturated rings. The van der Waals surface area contributed by atoms with Crippen molar-refractivity contribution in [1.82, 2.24) is 20.0 Å². The van der Waals surface area contributed by atoms with Gasteiger partial charge in [-0.2, -0.15) is 0 Å². The number of thioether (sulfide) groups is 1. The standard InChI is InChI=1S/C16H21N5OS/c1-10-14(11(2)22-19-10)9-21-12-6-13(21)8-20(7-12)15-4-5-17-16(18-15)23-3/h4-5,12-13H,6-9H2,1-3H3. The van der Waals surface area contributed by atoms with Crippen LogP contribution in [0, 0.1) is 13.8 Å². The van der Waals surface area contributed by atoms with Gasteiger partial charge in [0.05, 0.1) is 5.69 Å². The van der Waals surface area contributed by atoms with Crippen molar-refractivity contribution in [3.8, 4) is 0 Å². The quantitative estimate of drug-likeness (QED) is 0.629. The number of aryl methyl sites for hydroxylation is 2. The summed E-state index contributed by atoms with van der Waals surface area (Å²) in [5.74, 6) is 2.00. The van der Waals surface area contributed by atoms with E-state index in [9.17, 15) is 0 Å². The molecule has 3 aliphatic heterocycles. The molecule has 2 unspecified atom stereocenters. The van der Waals surface area contributed by atoms with Gasteiger partial charge in [-0.1, -0.05) is 16.9 Å². The van der Waals surface area contributed by atoms with Gasteiger partial charge in [0.1, 0.15) is 11.6 Å². The van der Waals surface area contributed by atoms with Crippen LogP contribution in [0.25, 0.3) is 0 Å². The van der Waals surface area contributed by atoms with Crippen molar-refractivity contribution in [1.29, 1.82) is 0 Å². The Morgan fingerprint density at radius 2 is 2.09 bits per heavy atom. The minimum atomic E-state index is 0.593. The molecule has 0 aromatic carbocycles. The van der Waals surface area contributed by atoms with Gasteiger partial charge in [0, 0.05) is 43.5 Å². The Hall–Kier alpha value is -1.60. The summed E-state index contributed by atoms with van der Waals surface area (Å²) in [6, 6.07) is 3.20. The highest BCUT2D eigenvalue weighted by Crippen LogP contribution is 2.36. The van der Waals surface area contributed by atoms with Crippen molar-refractivity contribution in [3.05, 3.63) is 29.3 Å². The average Bonchev–Trinajstić information content (AvgIpc) is 2.91. The van der Waals surface area contributed by atoms with Crippen molar-refractivity contribution in [2.24, 2.45) is 0 Å². The first kappa shape index (κ1) is 15.0. The lowest BCUT2D eigenvalue weighted by atomic mass is 9.86. The van der Waals surface area contributed by atoms with E-state index in [2.05, 4.69) is 24.9 Å². The van der Waals surface area contributed by atoms with E-state index < -0.39 is 0 Å². The third-order valence-corrected chi connectivity index (χ3v) is 5.55. The van der Waals surface area contributed by atoms with Crippen molar-refractivity contribution < 1.29 is 4.52 Å². The summed E-state index contributed by atoms with van der Waals surface area (Å²) in [4.78, 5) is 13.9. The van der Waals surface area contributed by atoms with Gasteiger partial charge >= 0.3 is 0 Å². The van der Waals surface area contributed by atoms with E-state index in [0.29, 0.717) is 12.1 Å². The molecule has 5 heterocycles. The highest BCUT2D eigenvalue weighted by atomic mass is 32.2. The van der Waals surface area contributed by atoms with Crippen molar-refractivity contribution >= 4 is 17.6 Å². The Morgan fingerprint density at radius 3 is 2.74 bits per heavy atom. The number of hydrogen-bond donors (Lipinski definition) is 0. The number of rotatable bonds is 4. The molecule has 0 radical (unpaired) electrons. The van der Waals surface area contributed by atoms with E-state index >= 15 is 0 Å². The Kier molecular flexibility index (Phi) is 3.77. The van der Waals surface area contributed by atoms with Crippen molar-refractivity contribution in [2.75, 3.05) is 24.2 Å². The molecule has 3 aliphatic rings. The maximum atomic E-state index is 5.30. The first-order valence-corrected chi connectivity index (χ1v) is 9.17. The molecule has 0 N–H and O–H groups in total. The third kappa shape index (κ3) is 2.61. The van der Waals surface area contributed by atoms with Gasteiger partial charge in [0.15, 0.2) is 5.16 Å². The number of nitrogens with zero attached hydrogens (tertiary/aromatic N) is 5. The molecule has 23 heavy (non-hydrogen) atoms. The molecule has 6 nitrogen and oxygen atoms in total. The SMILES string of the molecule is CSc1nccc(N2CC3CC(C2)N3Cc2c(C)noc2C)n1. The third-order valence-electron chi connectivity index (χ3n) is 4.99. The lowest BCUT2D eigenvalue weighted by molar-refractivity contribution is -0.00915. The summed E-state index contributed by atoms with van der Waals surface area (Å²) < 4.78 is 5.30. The minimum absolute atomic E-state index is 0.593. The van der Waals surface area contributed by atoms with Gasteiger partial charge in [0.2, 0.25) is 0 Å². The second-order valence-electron chi connectivity index (χ2n) is 6.32. The van der Waals surface area contributed by atoms with Gasteiger partial charge < -0.3 is 9.42 Å². The number of fused-ring (bicyclic) bond motifs is 2. The Bertz CT molecular complexity index is 687. The molecule has 122 valence electrons. The van der Waals surface area contributed by atoms with Crippen LogP contribution in [-0.2, 0) is 6.54 Å². The molecule has 3 saturated heterocycles. The molecule has 7 heteroatoms. The molecule has 0 spiro atoms. The zero-order valence-electron chi connectivity index (χ0n) is 13.7. The fourth-order valence-corrected chi connectivity index (χ4v) is 4.00. The summed E-state index contributed by atoms with van der Waals surface area (Å²) in [5.41, 5.74) is 2.27. The van der Waals surface area contributed by atoms with Gasteiger partial charge in [-0.3, -0.25) is 4.90 Å². The van der Waals surface area contributed by atoms with Gasteiger partial charge in [0.25, 0.3) is 0 Å². The zero-order chi connectivity index (χ0) is 16.0. The molecule has 2 aromatic rings. The van der Waals surface area contributed by atoms with Gasteiger partial charge in [-0.25, -0.2) is 9.97 Å². The molecule has 2 bridgehead atoms. The van der Waals surface area contributed by atoms with Crippen LogP contribution >= 0.6 is 11.8 Å². The number of anilines is 1. The van der Waals surface area contributed by atoms with Crippen LogP contribution in [0.1, 0.15) is 23.4 Å². The maximum absolute atomic E-state index is 5.30. The predicted octanol–water partition coefficient (Wildman–Crippen LogP) is 2.27. The van der Waals surface area contributed by atoms with E-state index in [0.717, 1.165) is 42.1 Å². The summed E-state index contributed by atoms with van der Waals surface area (Å²) in [6.45, 7) is 7.04. The molecular weight excluding hydrogens is 310 g/mol. The van der Waals surface area contributed by atoms with Gasteiger partial charge in [-0.15, -0.1) is 0 Å². The summed E-state index contributed by atoms with van der Waals surface area (Å²) in [5, 5.41) is 4.91. The topological polar surface area (TPSA) is 58.3 Å². The molecule has 2 atom stereocenters. The number of piperazine rings is 1. The lowest BCUT2D eigenvalue weighted by Crippen LogP contribution is -2.68. The molecular formula is C16H21N5OS. The molecule has 0 saturated carbocycles. The molecule has 2 aromatic heterocycles.